The van der Waals surface area contributed by atoms with Crippen molar-refractivity contribution >= 4 is 17.8 Å². The van der Waals surface area contributed by atoms with Gasteiger partial charge in [-0.05, 0) is 17.9 Å². The molecule has 1 aliphatic heterocycles. The first-order chi connectivity index (χ1) is 13.0. The van der Waals surface area contributed by atoms with Crippen molar-refractivity contribution in [2.24, 2.45) is 5.92 Å². The molecule has 7 nitrogen and oxygen atoms in total. The molecule has 1 aromatic carbocycles. The molecule has 0 aromatic heterocycles. The van der Waals surface area contributed by atoms with Crippen LogP contribution in [-0.4, -0.2) is 61.5 Å². The van der Waals surface area contributed by atoms with Gasteiger partial charge < -0.3 is 15.4 Å². The van der Waals surface area contributed by atoms with Crippen LogP contribution in [0.4, 0.5) is 0 Å². The number of nitrogens with one attached hydrogen (secondary N) is 2. The van der Waals surface area contributed by atoms with Crippen molar-refractivity contribution in [3.8, 4) is 0 Å². The third kappa shape index (κ3) is 7.38. The normalized spacial score (nSPS) is 17.4. The molecule has 7 heteroatoms. The summed E-state index contributed by atoms with van der Waals surface area (Å²) in [6, 6.07) is 9.24. The van der Waals surface area contributed by atoms with Crippen LogP contribution < -0.4 is 10.6 Å². The molecule has 0 spiro atoms. The van der Waals surface area contributed by atoms with Gasteiger partial charge in [0.15, 0.2) is 0 Å². The van der Waals surface area contributed by atoms with Gasteiger partial charge in [-0.25, -0.2) is 0 Å². The number of piperazine rings is 1. The van der Waals surface area contributed by atoms with Crippen molar-refractivity contribution in [2.75, 3.05) is 32.8 Å². The monoisotopic (exact) mass is 375 g/mol. The van der Waals surface area contributed by atoms with Crippen molar-refractivity contribution in [3.05, 3.63) is 35.9 Å². The Bertz CT molecular complexity index is 633. The van der Waals surface area contributed by atoms with Crippen LogP contribution in [0.5, 0.6) is 0 Å². The summed E-state index contributed by atoms with van der Waals surface area (Å²) in [4.78, 5) is 38.2. The van der Waals surface area contributed by atoms with Crippen LogP contribution in [0, 0.1) is 5.92 Å². The van der Waals surface area contributed by atoms with Gasteiger partial charge in [-0.3, -0.25) is 19.3 Å². The van der Waals surface area contributed by atoms with Gasteiger partial charge in [0.2, 0.25) is 11.8 Å². The zero-order chi connectivity index (χ0) is 19.6. The van der Waals surface area contributed by atoms with Crippen molar-refractivity contribution in [1.29, 1.82) is 0 Å². The quantitative estimate of drug-likeness (QED) is 0.622. The number of hydrogen-bond acceptors (Lipinski definition) is 5. The molecule has 1 heterocycles. The molecule has 27 heavy (non-hydrogen) atoms. The maximum Gasteiger partial charge on any atom is 0.307 e. The number of nitrogens with zero attached hydrogens (tertiary/aromatic N) is 1. The van der Waals surface area contributed by atoms with Crippen molar-refractivity contribution < 1.29 is 19.1 Å². The second kappa shape index (κ2) is 10.7. The van der Waals surface area contributed by atoms with E-state index < -0.39 is 12.0 Å². The average molecular weight is 375 g/mol. The fraction of sp³-hybridized carbons (Fsp3) is 0.550. The number of carbonyl (C=O) groups is 3. The number of hydrogen-bond donors (Lipinski definition) is 2. The Morgan fingerprint density at radius 1 is 1.30 bits per heavy atom. The van der Waals surface area contributed by atoms with Crippen molar-refractivity contribution in [2.45, 2.75) is 32.7 Å². The van der Waals surface area contributed by atoms with Gasteiger partial charge in [0.05, 0.1) is 19.6 Å². The topological polar surface area (TPSA) is 87.7 Å². The van der Waals surface area contributed by atoms with Crippen molar-refractivity contribution in [3.63, 3.8) is 0 Å². The standard InChI is InChI=1S/C20H29N3O4/c1-15(2)14-27-19(25)12-17-20(26)22-10-11-23(17)13-18(24)21-9-8-16-6-4-3-5-7-16/h3-7,15,17H,8-14H2,1-2H3,(H,21,24)(H,22,26). The SMILES string of the molecule is CC(C)COC(=O)CC1C(=O)NCCN1CC(=O)NCCc1ccccc1. The van der Waals surface area contributed by atoms with Crippen LogP contribution >= 0.6 is 0 Å². The van der Waals surface area contributed by atoms with E-state index in [1.54, 1.807) is 4.90 Å². The first kappa shape index (κ1) is 20.9. The van der Waals surface area contributed by atoms with Crippen LogP contribution in [0.15, 0.2) is 30.3 Å². The lowest BCUT2D eigenvalue weighted by molar-refractivity contribution is -0.150. The predicted octanol–water partition coefficient (Wildman–Crippen LogP) is 0.735. The molecular formula is C20H29N3O4. The fourth-order valence-corrected chi connectivity index (χ4v) is 2.88. The Balaban J connectivity index is 1.81. The first-order valence-electron chi connectivity index (χ1n) is 9.43. The Labute approximate surface area is 160 Å². The number of benzene rings is 1. The van der Waals surface area contributed by atoms with Gasteiger partial charge in [0, 0.05) is 19.6 Å². The summed E-state index contributed by atoms with van der Waals surface area (Å²) < 4.78 is 5.18. The molecule has 2 rings (SSSR count). The van der Waals surface area contributed by atoms with E-state index >= 15 is 0 Å². The van der Waals surface area contributed by atoms with Crippen molar-refractivity contribution in [1.82, 2.24) is 15.5 Å². The van der Waals surface area contributed by atoms with E-state index in [1.807, 2.05) is 44.2 Å². The predicted molar refractivity (Wildman–Crippen MR) is 102 cm³/mol. The fourth-order valence-electron chi connectivity index (χ4n) is 2.88. The Morgan fingerprint density at radius 3 is 2.74 bits per heavy atom. The lowest BCUT2D eigenvalue weighted by Gasteiger charge is -2.33. The minimum absolute atomic E-state index is 0.0458. The summed E-state index contributed by atoms with van der Waals surface area (Å²) in [5.74, 6) is -0.568. The Kier molecular flexibility index (Phi) is 8.26. The zero-order valence-corrected chi connectivity index (χ0v) is 16.1. The van der Waals surface area contributed by atoms with Crippen LogP contribution in [0.2, 0.25) is 0 Å². The molecular weight excluding hydrogens is 346 g/mol. The molecule has 0 saturated carbocycles. The number of esters is 1. The highest BCUT2D eigenvalue weighted by molar-refractivity contribution is 5.88. The molecule has 1 aliphatic rings. The lowest BCUT2D eigenvalue weighted by Crippen LogP contribution is -2.58. The summed E-state index contributed by atoms with van der Waals surface area (Å²) in [6.45, 7) is 5.84. The van der Waals surface area contributed by atoms with Gasteiger partial charge >= 0.3 is 5.97 Å². The van der Waals surface area contributed by atoms with Gasteiger partial charge in [-0.15, -0.1) is 0 Å². The maximum atomic E-state index is 12.3. The summed E-state index contributed by atoms with van der Waals surface area (Å²) in [6.07, 6.45) is 0.702. The largest absolute Gasteiger partial charge is 0.465 e. The summed E-state index contributed by atoms with van der Waals surface area (Å²) in [7, 11) is 0. The van der Waals surface area contributed by atoms with Crippen LogP contribution in [0.25, 0.3) is 0 Å². The Hall–Kier alpha value is -2.41. The number of rotatable bonds is 9. The average Bonchev–Trinajstić information content (AvgIpc) is 2.64. The molecule has 1 aromatic rings. The third-order valence-electron chi connectivity index (χ3n) is 4.30. The van der Waals surface area contributed by atoms with Gasteiger partial charge in [-0.1, -0.05) is 44.2 Å². The molecule has 1 saturated heterocycles. The van der Waals surface area contributed by atoms with Crippen LogP contribution in [-0.2, 0) is 25.5 Å². The lowest BCUT2D eigenvalue weighted by atomic mass is 10.1. The maximum absolute atomic E-state index is 12.3. The van der Waals surface area contributed by atoms with Gasteiger partial charge in [0.25, 0.3) is 0 Å². The van der Waals surface area contributed by atoms with Crippen LogP contribution in [0.3, 0.4) is 0 Å². The third-order valence-corrected chi connectivity index (χ3v) is 4.30. The van der Waals surface area contributed by atoms with E-state index in [2.05, 4.69) is 10.6 Å². The molecule has 2 N–H and O–H groups in total. The summed E-state index contributed by atoms with van der Waals surface area (Å²) in [5, 5.41) is 5.63. The van der Waals surface area contributed by atoms with E-state index in [1.165, 1.54) is 0 Å². The Morgan fingerprint density at radius 2 is 2.04 bits per heavy atom. The molecule has 0 aliphatic carbocycles. The van der Waals surface area contributed by atoms with Gasteiger partial charge in [0.1, 0.15) is 6.04 Å². The summed E-state index contributed by atoms with van der Waals surface area (Å²) in [5.41, 5.74) is 1.15. The molecule has 0 bridgehead atoms. The molecule has 148 valence electrons. The first-order valence-corrected chi connectivity index (χ1v) is 9.43. The number of ether oxygens (including phenoxy) is 1. The highest BCUT2D eigenvalue weighted by atomic mass is 16.5. The minimum Gasteiger partial charge on any atom is -0.465 e. The highest BCUT2D eigenvalue weighted by Gasteiger charge is 2.33. The second-order valence-electron chi connectivity index (χ2n) is 7.14. The van der Waals surface area contributed by atoms with Crippen LogP contribution in [0.1, 0.15) is 25.8 Å². The van der Waals surface area contributed by atoms with E-state index in [-0.39, 0.29) is 30.7 Å². The van der Waals surface area contributed by atoms with E-state index in [0.717, 1.165) is 12.0 Å². The molecule has 1 atom stereocenters. The van der Waals surface area contributed by atoms with Gasteiger partial charge in [-0.2, -0.15) is 0 Å². The molecule has 2 amide bonds. The number of amides is 2. The van der Waals surface area contributed by atoms with E-state index in [9.17, 15) is 14.4 Å². The van der Waals surface area contributed by atoms with E-state index in [4.69, 9.17) is 4.74 Å². The zero-order valence-electron chi connectivity index (χ0n) is 16.1. The smallest absolute Gasteiger partial charge is 0.307 e. The minimum atomic E-state index is -0.668. The van der Waals surface area contributed by atoms with E-state index in [0.29, 0.717) is 26.2 Å². The molecule has 0 radical (unpaired) electrons. The number of carbonyl (C=O) groups excluding carboxylic acids is 3. The highest BCUT2D eigenvalue weighted by Crippen LogP contribution is 2.10. The molecule has 1 unspecified atom stereocenters. The summed E-state index contributed by atoms with van der Waals surface area (Å²) >= 11 is 0. The second-order valence-corrected chi connectivity index (χ2v) is 7.14. The molecule has 1 fully saturated rings.